The number of guanidine groups is 2. The van der Waals surface area contributed by atoms with Gasteiger partial charge in [-0.1, -0.05) is 0 Å². The molecule has 0 aliphatic carbocycles. The topological polar surface area (TPSA) is 150 Å². The lowest BCUT2D eigenvalue weighted by molar-refractivity contribution is 0.368. The summed E-state index contributed by atoms with van der Waals surface area (Å²) in [7, 11) is 3.28. The maximum absolute atomic E-state index is 7.90. The molecule has 2 aromatic heterocycles. The molecule has 0 saturated heterocycles. The van der Waals surface area contributed by atoms with Crippen LogP contribution >= 0.6 is 23.5 Å². The summed E-state index contributed by atoms with van der Waals surface area (Å²) >= 11 is 3.45. The first-order chi connectivity index (χ1) is 17.0. The van der Waals surface area contributed by atoms with E-state index in [1.807, 2.05) is 34.1 Å². The van der Waals surface area contributed by atoms with Crippen LogP contribution in [-0.2, 0) is 11.5 Å². The summed E-state index contributed by atoms with van der Waals surface area (Å²) in [6.07, 6.45) is 4.26. The van der Waals surface area contributed by atoms with E-state index in [-0.39, 0.29) is 11.9 Å². The van der Waals surface area contributed by atoms with E-state index in [0.717, 1.165) is 52.3 Å². The van der Waals surface area contributed by atoms with Crippen LogP contribution in [0.1, 0.15) is 17.8 Å². The highest BCUT2D eigenvalue weighted by atomic mass is 32.2. The van der Waals surface area contributed by atoms with Crippen LogP contribution in [0.4, 0.5) is 0 Å². The number of nitrogens with two attached hydrogens (primary N) is 2. The van der Waals surface area contributed by atoms with Crippen LogP contribution in [-0.4, -0.2) is 83.6 Å². The molecule has 35 heavy (non-hydrogen) atoms. The molecule has 0 amide bonds. The van der Waals surface area contributed by atoms with Crippen molar-refractivity contribution in [3.05, 3.63) is 48.0 Å². The Balaban J connectivity index is 1.70. The molecule has 6 N–H and O–H groups in total. The lowest BCUT2D eigenvalue weighted by Crippen LogP contribution is -2.42. The van der Waals surface area contributed by atoms with Crippen molar-refractivity contribution >= 4 is 35.4 Å². The minimum atomic E-state index is 0.0512. The smallest absolute Gasteiger partial charge is 0.188 e. The molecule has 0 unspecified atom stereocenters. The van der Waals surface area contributed by atoms with Crippen molar-refractivity contribution in [3.63, 3.8) is 0 Å². The number of thioether (sulfide) groups is 2. The molecule has 0 saturated carbocycles. The summed E-state index contributed by atoms with van der Waals surface area (Å²) in [5, 5.41) is 15.8. The third kappa shape index (κ3) is 10.1. The van der Waals surface area contributed by atoms with Gasteiger partial charge in [-0.2, -0.15) is 23.5 Å². The summed E-state index contributed by atoms with van der Waals surface area (Å²) in [5.41, 5.74) is 13.4. The number of hydrogen-bond donors (Lipinski definition) is 4. The molecule has 2 heterocycles. The average Bonchev–Trinajstić information content (AvgIpc) is 2.86. The van der Waals surface area contributed by atoms with Gasteiger partial charge >= 0.3 is 0 Å². The molecule has 0 bridgehead atoms. The minimum Gasteiger partial charge on any atom is -0.495 e. The van der Waals surface area contributed by atoms with Crippen LogP contribution < -0.4 is 20.9 Å². The number of aromatic nitrogens is 2. The highest BCUT2D eigenvalue weighted by Gasteiger charge is 2.11. The fraction of sp³-hybridized carbons (Fsp3) is 0.478. The Labute approximate surface area is 216 Å². The molecule has 0 atom stereocenters. The molecule has 10 nitrogen and oxygen atoms in total. The zero-order valence-electron chi connectivity index (χ0n) is 20.4. The predicted octanol–water partition coefficient (Wildman–Crippen LogP) is 2.44. The second-order valence-electron chi connectivity index (χ2n) is 7.51. The van der Waals surface area contributed by atoms with E-state index in [4.69, 9.17) is 31.8 Å². The van der Waals surface area contributed by atoms with Crippen molar-refractivity contribution in [1.29, 1.82) is 10.8 Å². The van der Waals surface area contributed by atoms with E-state index in [2.05, 4.69) is 9.97 Å². The Bertz CT molecular complexity index is 860. The number of rotatable bonds is 16. The van der Waals surface area contributed by atoms with Gasteiger partial charge in [0.15, 0.2) is 11.9 Å². The number of hydrogen-bond acceptors (Lipinski definition) is 8. The first-order valence-electron chi connectivity index (χ1n) is 11.3. The number of pyridine rings is 2. The second kappa shape index (κ2) is 15.9. The lowest BCUT2D eigenvalue weighted by Gasteiger charge is -2.26. The quantitative estimate of drug-likeness (QED) is 0.148. The Morgan fingerprint density at radius 2 is 1.23 bits per heavy atom. The van der Waals surface area contributed by atoms with E-state index in [1.54, 1.807) is 50.1 Å². The molecule has 12 heteroatoms. The summed E-state index contributed by atoms with van der Waals surface area (Å²) in [6.45, 7) is 2.59. The van der Waals surface area contributed by atoms with E-state index < -0.39 is 0 Å². The van der Waals surface area contributed by atoms with Crippen molar-refractivity contribution in [3.8, 4) is 11.5 Å². The maximum Gasteiger partial charge on any atom is 0.188 e. The monoisotopic (exact) mass is 520 g/mol. The normalized spacial score (nSPS) is 10.6. The van der Waals surface area contributed by atoms with Crippen LogP contribution in [0, 0.1) is 10.8 Å². The number of ether oxygens (including phenoxy) is 2. The Kier molecular flexibility index (Phi) is 12.9. The van der Waals surface area contributed by atoms with E-state index in [9.17, 15) is 0 Å². The van der Waals surface area contributed by atoms with Crippen molar-refractivity contribution in [2.24, 2.45) is 11.5 Å². The summed E-state index contributed by atoms with van der Waals surface area (Å²) < 4.78 is 10.7. The standard InChI is InChI=1S/C23H36N8O2S2/c1-32-20-6-3-8-28-18(20)16-34-14-12-30(22(24)25)10-5-11-31(23(26)27)13-15-35-17-19-21(33-2)7-4-9-29-19/h3-4,6-9H,5,10-17H2,1-2H3,(H3,24,25)(H3,26,27). The highest BCUT2D eigenvalue weighted by molar-refractivity contribution is 7.98. The number of nitrogens with zero attached hydrogens (tertiary/aromatic N) is 4. The zero-order chi connectivity index (χ0) is 25.5. The third-order valence-electron chi connectivity index (χ3n) is 5.16. The number of nitrogens with one attached hydrogen (secondary N) is 2. The van der Waals surface area contributed by atoms with Gasteiger partial charge in [-0.05, 0) is 30.7 Å². The SMILES string of the molecule is COc1cccnc1CSCCN(CCCN(CCSCc1ncccc1OC)C(=N)N)C(=N)N. The van der Waals surface area contributed by atoms with Crippen molar-refractivity contribution in [2.45, 2.75) is 17.9 Å². The second-order valence-corrected chi connectivity index (χ2v) is 9.72. The van der Waals surface area contributed by atoms with Crippen molar-refractivity contribution in [2.75, 3.05) is 51.9 Å². The van der Waals surface area contributed by atoms with Gasteiger partial charge in [-0.3, -0.25) is 20.8 Å². The fourth-order valence-electron chi connectivity index (χ4n) is 3.28. The van der Waals surface area contributed by atoms with Crippen LogP contribution in [0.25, 0.3) is 0 Å². The molecule has 2 aromatic rings. The van der Waals surface area contributed by atoms with Gasteiger partial charge in [-0.15, -0.1) is 0 Å². The predicted molar refractivity (Wildman–Crippen MR) is 145 cm³/mol. The molecule has 0 radical (unpaired) electrons. The molecule has 0 aromatic carbocycles. The first kappa shape index (κ1) is 28.4. The van der Waals surface area contributed by atoms with Crippen molar-refractivity contribution in [1.82, 2.24) is 19.8 Å². The van der Waals surface area contributed by atoms with Gasteiger partial charge < -0.3 is 30.7 Å². The van der Waals surface area contributed by atoms with Gasteiger partial charge in [-0.25, -0.2) is 0 Å². The molecular weight excluding hydrogens is 484 g/mol. The van der Waals surface area contributed by atoms with E-state index in [1.165, 1.54) is 0 Å². The van der Waals surface area contributed by atoms with Crippen LogP contribution in [0.5, 0.6) is 11.5 Å². The van der Waals surface area contributed by atoms with E-state index >= 15 is 0 Å². The van der Waals surface area contributed by atoms with Gasteiger partial charge in [0.25, 0.3) is 0 Å². The van der Waals surface area contributed by atoms with E-state index in [0.29, 0.717) is 26.2 Å². The molecular formula is C23H36N8O2S2. The largest absolute Gasteiger partial charge is 0.495 e. The number of methoxy groups -OCH3 is 2. The van der Waals surface area contributed by atoms with Crippen LogP contribution in [0.15, 0.2) is 36.7 Å². The maximum atomic E-state index is 7.90. The van der Waals surface area contributed by atoms with Crippen LogP contribution in [0.2, 0.25) is 0 Å². The third-order valence-corrected chi connectivity index (χ3v) is 7.06. The van der Waals surface area contributed by atoms with Gasteiger partial charge in [0.05, 0.1) is 25.6 Å². The molecule has 192 valence electrons. The summed E-state index contributed by atoms with van der Waals surface area (Å²) in [4.78, 5) is 12.4. The fourth-order valence-corrected chi connectivity index (χ4v) is 5.09. The Hall–Kier alpha value is -2.86. The minimum absolute atomic E-state index is 0.0512. The first-order valence-corrected chi connectivity index (χ1v) is 13.6. The molecule has 0 fully saturated rings. The summed E-state index contributed by atoms with van der Waals surface area (Å²) in [5.74, 6) is 4.75. The molecule has 0 aliphatic heterocycles. The van der Waals surface area contributed by atoms with Gasteiger partial charge in [0, 0.05) is 61.6 Å². The Morgan fingerprint density at radius 1 is 0.800 bits per heavy atom. The molecule has 0 spiro atoms. The summed E-state index contributed by atoms with van der Waals surface area (Å²) in [6, 6.07) is 7.51. The van der Waals surface area contributed by atoms with Gasteiger partial charge in [0.2, 0.25) is 0 Å². The lowest BCUT2D eigenvalue weighted by atomic mass is 10.3. The average molecular weight is 521 g/mol. The van der Waals surface area contributed by atoms with Gasteiger partial charge in [0.1, 0.15) is 11.5 Å². The molecule has 0 aliphatic rings. The van der Waals surface area contributed by atoms with Crippen LogP contribution in [0.3, 0.4) is 0 Å². The highest BCUT2D eigenvalue weighted by Crippen LogP contribution is 2.21. The zero-order valence-corrected chi connectivity index (χ0v) is 22.0. The molecule has 2 rings (SSSR count). The Morgan fingerprint density at radius 3 is 1.60 bits per heavy atom. The van der Waals surface area contributed by atoms with Crippen molar-refractivity contribution < 1.29 is 9.47 Å².